The Labute approximate surface area is 150 Å². The second-order valence-corrected chi connectivity index (χ2v) is 7.24. The number of nitrogens with one attached hydrogen (secondary N) is 1. The van der Waals surface area contributed by atoms with Crippen LogP contribution in [0.5, 0.6) is 5.75 Å². The predicted octanol–water partition coefficient (Wildman–Crippen LogP) is 3.11. The first-order valence-corrected chi connectivity index (χ1v) is 9.06. The molecular formula is C19H27ClN2O2. The zero-order valence-corrected chi connectivity index (χ0v) is 14.9. The number of hydrogen-bond donors (Lipinski definition) is 1. The number of likely N-dealkylation sites (tertiary alicyclic amines) is 1. The number of rotatable bonds is 3. The van der Waals surface area contributed by atoms with Crippen LogP contribution in [0.4, 0.5) is 0 Å². The smallest absolute Gasteiger partial charge is 0.253 e. The summed E-state index contributed by atoms with van der Waals surface area (Å²) in [5.41, 5.74) is 0.788. The number of nitrogens with zero attached hydrogens (tertiary/aromatic N) is 1. The lowest BCUT2D eigenvalue weighted by Crippen LogP contribution is -2.32. The first-order valence-electron chi connectivity index (χ1n) is 9.06. The topological polar surface area (TPSA) is 41.6 Å². The minimum absolute atomic E-state index is 0. The summed E-state index contributed by atoms with van der Waals surface area (Å²) in [4.78, 5) is 14.8. The van der Waals surface area contributed by atoms with Gasteiger partial charge in [-0.15, -0.1) is 12.4 Å². The Hall–Kier alpha value is -1.26. The summed E-state index contributed by atoms with van der Waals surface area (Å²) in [5, 5.41) is 3.48. The Balaban J connectivity index is 0.00000169. The highest BCUT2D eigenvalue weighted by Gasteiger charge is 2.31. The van der Waals surface area contributed by atoms with E-state index in [-0.39, 0.29) is 18.3 Å². The SMILES string of the molecule is Cl.O=C(c1ccc(OC2CCC2)cc1)N1CC[C@@H]2CNC[C@@H]2CC1. The highest BCUT2D eigenvalue weighted by molar-refractivity contribution is 5.94. The largest absolute Gasteiger partial charge is 0.490 e. The maximum absolute atomic E-state index is 12.7. The van der Waals surface area contributed by atoms with Crippen LogP contribution in [0.15, 0.2) is 24.3 Å². The molecule has 2 atom stereocenters. The van der Waals surface area contributed by atoms with Crippen molar-refractivity contribution in [1.82, 2.24) is 10.2 Å². The van der Waals surface area contributed by atoms with Crippen molar-refractivity contribution >= 4 is 18.3 Å². The number of fused-ring (bicyclic) bond motifs is 1. The van der Waals surface area contributed by atoms with E-state index in [1.807, 2.05) is 29.2 Å². The molecule has 5 heteroatoms. The van der Waals surface area contributed by atoms with Crippen molar-refractivity contribution in [2.75, 3.05) is 26.2 Å². The fourth-order valence-electron chi connectivity index (χ4n) is 3.96. The molecule has 1 aliphatic carbocycles. The third-order valence-electron chi connectivity index (χ3n) is 5.76. The summed E-state index contributed by atoms with van der Waals surface area (Å²) in [5.74, 6) is 2.58. The van der Waals surface area contributed by atoms with Crippen LogP contribution >= 0.6 is 12.4 Å². The maximum atomic E-state index is 12.7. The van der Waals surface area contributed by atoms with Gasteiger partial charge < -0.3 is 15.0 Å². The molecule has 0 unspecified atom stereocenters. The normalized spacial score (nSPS) is 26.8. The van der Waals surface area contributed by atoms with Crippen LogP contribution in [0.2, 0.25) is 0 Å². The lowest BCUT2D eigenvalue weighted by atomic mass is 9.92. The molecule has 4 nitrogen and oxygen atoms in total. The molecule has 3 fully saturated rings. The second kappa shape index (κ2) is 7.75. The summed E-state index contributed by atoms with van der Waals surface area (Å²) >= 11 is 0. The molecule has 0 radical (unpaired) electrons. The fraction of sp³-hybridized carbons (Fsp3) is 0.632. The van der Waals surface area contributed by atoms with E-state index >= 15 is 0 Å². The van der Waals surface area contributed by atoms with Crippen molar-refractivity contribution in [2.45, 2.75) is 38.2 Å². The van der Waals surface area contributed by atoms with Crippen LogP contribution in [0.3, 0.4) is 0 Å². The molecule has 1 amide bonds. The summed E-state index contributed by atoms with van der Waals surface area (Å²) in [6.45, 7) is 4.03. The van der Waals surface area contributed by atoms with Gasteiger partial charge in [0.1, 0.15) is 5.75 Å². The number of benzene rings is 1. The van der Waals surface area contributed by atoms with Crippen molar-refractivity contribution in [3.05, 3.63) is 29.8 Å². The quantitative estimate of drug-likeness (QED) is 0.910. The average Bonchev–Trinajstić information content (AvgIpc) is 2.89. The van der Waals surface area contributed by atoms with Crippen molar-refractivity contribution in [3.63, 3.8) is 0 Å². The number of ether oxygens (including phenoxy) is 1. The van der Waals surface area contributed by atoms with E-state index in [2.05, 4.69) is 5.32 Å². The highest BCUT2D eigenvalue weighted by Crippen LogP contribution is 2.28. The number of carbonyl (C=O) groups excluding carboxylic acids is 1. The molecule has 1 aromatic rings. The summed E-state index contributed by atoms with van der Waals surface area (Å²) in [6, 6.07) is 7.73. The van der Waals surface area contributed by atoms with Crippen LogP contribution in [-0.2, 0) is 0 Å². The van der Waals surface area contributed by atoms with Gasteiger partial charge in [0.25, 0.3) is 5.91 Å². The van der Waals surface area contributed by atoms with E-state index < -0.39 is 0 Å². The lowest BCUT2D eigenvalue weighted by molar-refractivity contribution is 0.0758. The summed E-state index contributed by atoms with van der Waals surface area (Å²) in [6.07, 6.45) is 6.24. The molecule has 0 spiro atoms. The first kappa shape index (κ1) is 17.6. The van der Waals surface area contributed by atoms with E-state index in [0.29, 0.717) is 6.10 Å². The van der Waals surface area contributed by atoms with Gasteiger partial charge in [0, 0.05) is 18.7 Å². The van der Waals surface area contributed by atoms with E-state index in [9.17, 15) is 4.79 Å². The van der Waals surface area contributed by atoms with E-state index in [0.717, 1.165) is 75.0 Å². The van der Waals surface area contributed by atoms with Gasteiger partial charge in [0.2, 0.25) is 0 Å². The molecule has 3 aliphatic rings. The molecule has 1 saturated carbocycles. The Morgan fingerprint density at radius 3 is 2.17 bits per heavy atom. The number of hydrogen-bond acceptors (Lipinski definition) is 3. The van der Waals surface area contributed by atoms with Crippen molar-refractivity contribution in [3.8, 4) is 5.75 Å². The Bertz CT molecular complexity index is 545. The Morgan fingerprint density at radius 1 is 1.00 bits per heavy atom. The predicted molar refractivity (Wildman–Crippen MR) is 96.9 cm³/mol. The fourth-order valence-corrected chi connectivity index (χ4v) is 3.96. The molecule has 2 heterocycles. The van der Waals surface area contributed by atoms with E-state index in [1.165, 1.54) is 6.42 Å². The number of amides is 1. The lowest BCUT2D eigenvalue weighted by Gasteiger charge is -2.26. The molecule has 2 aliphatic heterocycles. The standard InChI is InChI=1S/C19H26N2O2.ClH/c22-19(21-10-8-15-12-20-13-16(15)9-11-21)14-4-6-18(7-5-14)23-17-2-1-3-17;/h4-7,15-17,20H,1-3,8-13H2;1H/t15-,16+;. The van der Waals surface area contributed by atoms with Gasteiger partial charge in [-0.3, -0.25) is 4.79 Å². The first-order chi connectivity index (χ1) is 11.3. The monoisotopic (exact) mass is 350 g/mol. The molecule has 132 valence electrons. The number of carbonyl (C=O) groups is 1. The molecule has 2 saturated heterocycles. The molecule has 4 rings (SSSR count). The van der Waals surface area contributed by atoms with Gasteiger partial charge in [-0.2, -0.15) is 0 Å². The third kappa shape index (κ3) is 3.70. The second-order valence-electron chi connectivity index (χ2n) is 7.24. The summed E-state index contributed by atoms with van der Waals surface area (Å²) in [7, 11) is 0. The van der Waals surface area contributed by atoms with Gasteiger partial charge in [-0.05, 0) is 81.3 Å². The molecule has 1 aromatic carbocycles. The van der Waals surface area contributed by atoms with Crippen molar-refractivity contribution in [2.24, 2.45) is 11.8 Å². The van der Waals surface area contributed by atoms with Crippen LogP contribution in [0.25, 0.3) is 0 Å². The zero-order chi connectivity index (χ0) is 15.6. The van der Waals surface area contributed by atoms with Crippen LogP contribution in [0, 0.1) is 11.8 Å². The number of halogens is 1. The minimum Gasteiger partial charge on any atom is -0.490 e. The third-order valence-corrected chi connectivity index (χ3v) is 5.76. The van der Waals surface area contributed by atoms with Crippen molar-refractivity contribution < 1.29 is 9.53 Å². The minimum atomic E-state index is 0. The van der Waals surface area contributed by atoms with Gasteiger partial charge >= 0.3 is 0 Å². The maximum Gasteiger partial charge on any atom is 0.253 e. The average molecular weight is 351 g/mol. The Morgan fingerprint density at radius 2 is 1.62 bits per heavy atom. The van der Waals surface area contributed by atoms with Crippen LogP contribution < -0.4 is 10.1 Å². The van der Waals surface area contributed by atoms with Crippen LogP contribution in [0.1, 0.15) is 42.5 Å². The van der Waals surface area contributed by atoms with Gasteiger partial charge in [-0.1, -0.05) is 0 Å². The van der Waals surface area contributed by atoms with Gasteiger partial charge in [-0.25, -0.2) is 0 Å². The molecule has 0 aromatic heterocycles. The summed E-state index contributed by atoms with van der Waals surface area (Å²) < 4.78 is 5.87. The highest BCUT2D eigenvalue weighted by atomic mass is 35.5. The van der Waals surface area contributed by atoms with Crippen molar-refractivity contribution in [1.29, 1.82) is 0 Å². The molecule has 24 heavy (non-hydrogen) atoms. The Kier molecular flexibility index (Phi) is 5.67. The zero-order valence-electron chi connectivity index (χ0n) is 14.1. The van der Waals surface area contributed by atoms with Gasteiger partial charge in [0.05, 0.1) is 6.10 Å². The van der Waals surface area contributed by atoms with E-state index in [4.69, 9.17) is 4.74 Å². The molecule has 0 bridgehead atoms. The van der Waals surface area contributed by atoms with Gasteiger partial charge in [0.15, 0.2) is 0 Å². The molecule has 1 N–H and O–H groups in total. The van der Waals surface area contributed by atoms with Crippen LogP contribution in [-0.4, -0.2) is 43.1 Å². The van der Waals surface area contributed by atoms with E-state index in [1.54, 1.807) is 0 Å². The molecular weight excluding hydrogens is 324 g/mol.